The highest BCUT2D eigenvalue weighted by molar-refractivity contribution is 5.91. The molecule has 2 saturated heterocycles. The number of furan rings is 1. The number of aromatic nitrogens is 2. The largest absolute Gasteiger partial charge is 0.459 e. The Morgan fingerprint density at radius 2 is 1.88 bits per heavy atom. The topological polar surface area (TPSA) is 62.5 Å². The number of hydrogen-bond donors (Lipinski definition) is 0. The zero-order valence-corrected chi connectivity index (χ0v) is 13.9. The van der Waals surface area contributed by atoms with Crippen molar-refractivity contribution in [1.29, 1.82) is 0 Å². The summed E-state index contributed by atoms with van der Waals surface area (Å²) in [5.41, 5.74) is 1.32. The van der Waals surface area contributed by atoms with Crippen molar-refractivity contribution < 1.29 is 9.21 Å². The lowest BCUT2D eigenvalue weighted by Gasteiger charge is -2.39. The summed E-state index contributed by atoms with van der Waals surface area (Å²) in [6, 6.07) is 3.50. The number of amides is 1. The van der Waals surface area contributed by atoms with Crippen LogP contribution in [0.15, 0.2) is 35.2 Å². The Morgan fingerprint density at radius 3 is 2.54 bits per heavy atom. The van der Waals surface area contributed by atoms with Crippen LogP contribution in [0.5, 0.6) is 0 Å². The number of rotatable bonds is 2. The van der Waals surface area contributed by atoms with Gasteiger partial charge >= 0.3 is 0 Å². The first-order chi connectivity index (χ1) is 11.7. The Labute approximate surface area is 141 Å². The summed E-state index contributed by atoms with van der Waals surface area (Å²) in [6.45, 7) is 5.55. The van der Waals surface area contributed by atoms with E-state index < -0.39 is 0 Å². The summed E-state index contributed by atoms with van der Waals surface area (Å²) in [6.07, 6.45) is 8.51. The summed E-state index contributed by atoms with van der Waals surface area (Å²) in [7, 11) is 0. The van der Waals surface area contributed by atoms with Crippen LogP contribution in [-0.4, -0.2) is 47.0 Å². The van der Waals surface area contributed by atoms with E-state index in [9.17, 15) is 4.79 Å². The van der Waals surface area contributed by atoms with E-state index in [1.54, 1.807) is 18.4 Å². The maximum atomic E-state index is 12.5. The first-order valence-electron chi connectivity index (χ1n) is 8.52. The number of nitrogens with zero attached hydrogens (tertiary/aromatic N) is 4. The van der Waals surface area contributed by atoms with Crippen molar-refractivity contribution in [3.05, 3.63) is 42.1 Å². The lowest BCUT2D eigenvalue weighted by molar-refractivity contribution is 0.0733. The van der Waals surface area contributed by atoms with E-state index in [0.29, 0.717) is 5.76 Å². The first-order valence-corrected chi connectivity index (χ1v) is 8.52. The predicted molar refractivity (Wildman–Crippen MR) is 89.9 cm³/mol. The minimum atomic E-state index is 0.0150. The molecule has 2 aliphatic rings. The van der Waals surface area contributed by atoms with E-state index in [2.05, 4.69) is 14.9 Å². The average Bonchev–Trinajstić information content (AvgIpc) is 3.27. The molecule has 2 fully saturated rings. The Bertz CT molecular complexity index is 703. The third-order valence-electron chi connectivity index (χ3n) is 5.33. The standard InChI is InChI=1S/C18H22N4O2/c1-14-11-19-17(20-12-14)21-7-4-18(5-8-21)6-9-22(13-18)16(23)15-3-2-10-24-15/h2-3,10-12H,4-9,13H2,1H3. The normalized spacial score (nSPS) is 19.9. The van der Waals surface area contributed by atoms with Gasteiger partial charge in [0.05, 0.1) is 6.26 Å². The van der Waals surface area contributed by atoms with E-state index in [-0.39, 0.29) is 11.3 Å². The van der Waals surface area contributed by atoms with Crippen LogP contribution in [0.3, 0.4) is 0 Å². The zero-order valence-electron chi connectivity index (χ0n) is 13.9. The molecule has 1 amide bonds. The van der Waals surface area contributed by atoms with E-state index >= 15 is 0 Å². The zero-order chi connectivity index (χ0) is 16.6. The molecular weight excluding hydrogens is 304 g/mol. The Kier molecular flexibility index (Phi) is 3.75. The van der Waals surface area contributed by atoms with Crippen LogP contribution in [0.4, 0.5) is 5.95 Å². The maximum Gasteiger partial charge on any atom is 0.289 e. The highest BCUT2D eigenvalue weighted by atomic mass is 16.3. The Hall–Kier alpha value is -2.37. The SMILES string of the molecule is Cc1cnc(N2CCC3(CCN(C(=O)c4ccco4)C3)CC2)nc1. The number of hydrogen-bond acceptors (Lipinski definition) is 5. The van der Waals surface area contributed by atoms with Gasteiger partial charge < -0.3 is 14.2 Å². The highest BCUT2D eigenvalue weighted by Gasteiger charge is 2.42. The van der Waals surface area contributed by atoms with Crippen LogP contribution in [0.25, 0.3) is 0 Å². The van der Waals surface area contributed by atoms with Crippen molar-refractivity contribution in [2.24, 2.45) is 5.41 Å². The fraction of sp³-hybridized carbons (Fsp3) is 0.500. The quantitative estimate of drug-likeness (QED) is 0.848. The van der Waals surface area contributed by atoms with Crippen LogP contribution in [0, 0.1) is 12.3 Å². The number of carbonyl (C=O) groups excluding carboxylic acids is 1. The molecule has 0 unspecified atom stereocenters. The summed E-state index contributed by atoms with van der Waals surface area (Å²) in [5.74, 6) is 1.27. The molecule has 24 heavy (non-hydrogen) atoms. The fourth-order valence-electron chi connectivity index (χ4n) is 3.80. The molecule has 126 valence electrons. The van der Waals surface area contributed by atoms with Gasteiger partial charge in [0.25, 0.3) is 5.91 Å². The predicted octanol–water partition coefficient (Wildman–Crippen LogP) is 2.51. The molecule has 0 atom stereocenters. The maximum absolute atomic E-state index is 12.5. The minimum Gasteiger partial charge on any atom is -0.459 e. The van der Waals surface area contributed by atoms with Gasteiger partial charge in [-0.3, -0.25) is 4.79 Å². The number of anilines is 1. The molecule has 0 aliphatic carbocycles. The number of aryl methyl sites for hydroxylation is 1. The van der Waals surface area contributed by atoms with Crippen molar-refractivity contribution in [2.45, 2.75) is 26.2 Å². The average molecular weight is 326 g/mol. The van der Waals surface area contributed by atoms with Gasteiger partial charge in [-0.15, -0.1) is 0 Å². The molecule has 0 bridgehead atoms. The third-order valence-corrected chi connectivity index (χ3v) is 5.33. The molecule has 0 saturated carbocycles. The summed E-state index contributed by atoms with van der Waals surface area (Å²) in [5, 5.41) is 0. The van der Waals surface area contributed by atoms with Crippen molar-refractivity contribution in [3.8, 4) is 0 Å². The number of piperidine rings is 1. The molecule has 0 N–H and O–H groups in total. The summed E-state index contributed by atoms with van der Waals surface area (Å²) < 4.78 is 5.25. The molecule has 6 nitrogen and oxygen atoms in total. The molecule has 0 aromatic carbocycles. The summed E-state index contributed by atoms with van der Waals surface area (Å²) >= 11 is 0. The minimum absolute atomic E-state index is 0.0150. The summed E-state index contributed by atoms with van der Waals surface area (Å²) in [4.78, 5) is 25.5. The highest BCUT2D eigenvalue weighted by Crippen LogP contribution is 2.41. The van der Waals surface area contributed by atoms with E-state index in [1.807, 2.05) is 24.2 Å². The van der Waals surface area contributed by atoms with Gasteiger partial charge in [-0.05, 0) is 49.3 Å². The van der Waals surface area contributed by atoms with E-state index in [4.69, 9.17) is 4.42 Å². The van der Waals surface area contributed by atoms with Gasteiger partial charge in [-0.1, -0.05) is 0 Å². The lowest BCUT2D eigenvalue weighted by atomic mass is 9.78. The molecule has 4 heterocycles. The molecule has 6 heteroatoms. The molecule has 2 aliphatic heterocycles. The van der Waals surface area contributed by atoms with Crippen LogP contribution in [-0.2, 0) is 0 Å². The second kappa shape index (κ2) is 5.92. The lowest BCUT2D eigenvalue weighted by Crippen LogP contribution is -2.42. The molecular formula is C18H22N4O2. The second-order valence-electron chi connectivity index (χ2n) is 7.00. The van der Waals surface area contributed by atoms with Crippen molar-refractivity contribution >= 4 is 11.9 Å². The van der Waals surface area contributed by atoms with Crippen molar-refractivity contribution in [2.75, 3.05) is 31.1 Å². The van der Waals surface area contributed by atoms with E-state index in [1.165, 1.54) is 0 Å². The Balaban J connectivity index is 1.39. The fourth-order valence-corrected chi connectivity index (χ4v) is 3.80. The van der Waals surface area contributed by atoms with Gasteiger partial charge in [-0.2, -0.15) is 0 Å². The van der Waals surface area contributed by atoms with Gasteiger partial charge in [-0.25, -0.2) is 9.97 Å². The van der Waals surface area contributed by atoms with Crippen molar-refractivity contribution in [1.82, 2.24) is 14.9 Å². The molecule has 2 aromatic heterocycles. The molecule has 4 rings (SSSR count). The van der Waals surface area contributed by atoms with Crippen molar-refractivity contribution in [3.63, 3.8) is 0 Å². The van der Waals surface area contributed by atoms with E-state index in [0.717, 1.165) is 57.0 Å². The van der Waals surface area contributed by atoms with Gasteiger partial charge in [0.1, 0.15) is 0 Å². The van der Waals surface area contributed by atoms with Crippen LogP contribution in [0.2, 0.25) is 0 Å². The molecule has 0 radical (unpaired) electrons. The van der Waals surface area contributed by atoms with Gasteiger partial charge in [0.15, 0.2) is 5.76 Å². The van der Waals surface area contributed by atoms with Gasteiger partial charge in [0, 0.05) is 38.6 Å². The molecule has 2 aromatic rings. The van der Waals surface area contributed by atoms with Gasteiger partial charge in [0.2, 0.25) is 5.95 Å². The Morgan fingerprint density at radius 1 is 1.17 bits per heavy atom. The molecule has 1 spiro atoms. The monoisotopic (exact) mass is 326 g/mol. The number of carbonyl (C=O) groups is 1. The second-order valence-corrected chi connectivity index (χ2v) is 7.00. The van der Waals surface area contributed by atoms with Crippen LogP contribution in [0.1, 0.15) is 35.4 Å². The smallest absolute Gasteiger partial charge is 0.289 e. The van der Waals surface area contributed by atoms with Crippen LogP contribution >= 0.6 is 0 Å². The number of likely N-dealkylation sites (tertiary alicyclic amines) is 1. The van der Waals surface area contributed by atoms with Crippen LogP contribution < -0.4 is 4.90 Å². The third kappa shape index (κ3) is 2.77. The first kappa shape index (κ1) is 15.2.